The number of piperidine rings is 2. The third kappa shape index (κ3) is 8.17. The van der Waals surface area contributed by atoms with Crippen LogP contribution in [0.15, 0.2) is 47.5 Å². The number of fused-ring (bicyclic) bond motifs is 2. The first-order chi connectivity index (χ1) is 28.9. The predicted molar refractivity (Wildman–Crippen MR) is 226 cm³/mol. The summed E-state index contributed by atoms with van der Waals surface area (Å²) in [5.74, 6) is -0.834. The third-order valence-corrected chi connectivity index (χ3v) is 11.9. The molecule has 0 bridgehead atoms. The van der Waals surface area contributed by atoms with E-state index in [1.54, 1.807) is 18.3 Å². The number of amides is 3. The Bertz CT molecular complexity index is 2520. The smallest absolute Gasteiger partial charge is 0.294 e. The fraction of sp³-hybridized carbons (Fsp3) is 0.463. The fourth-order valence-corrected chi connectivity index (χ4v) is 8.59. The average Bonchev–Trinajstić information content (AvgIpc) is 3.57. The first-order valence-corrected chi connectivity index (χ1v) is 20.6. The van der Waals surface area contributed by atoms with Gasteiger partial charge in [0.15, 0.2) is 18.2 Å². The third-order valence-electron chi connectivity index (χ3n) is 11.6. The molecule has 19 heteroatoms. The van der Waals surface area contributed by atoms with Crippen LogP contribution in [0.4, 0.5) is 27.5 Å². The first-order valence-electron chi connectivity index (χ1n) is 20.2. The molecular weight excluding hydrogens is 795 g/mol. The molecule has 3 saturated heterocycles. The van der Waals surface area contributed by atoms with E-state index in [0.717, 1.165) is 42.8 Å². The van der Waals surface area contributed by atoms with Crippen molar-refractivity contribution >= 4 is 74.4 Å². The van der Waals surface area contributed by atoms with Gasteiger partial charge in [-0.3, -0.25) is 38.6 Å². The van der Waals surface area contributed by atoms with Gasteiger partial charge in [0.1, 0.15) is 16.8 Å². The standard InChI is InChI=1S/C41H48ClFN12O5/c1-23(2)55-38-25(17-32(40(55)59)60-22-34(57)44-3)16-26(18-45-38)47-37-29(42)19-46-41(49-37)54-11-10-24(30(43)21-54)20-52-12-14-53(15-13-52)31-7-5-6-27-35(50-51(4)36(27)31)28-8-9-33(56)48-39(28)58/h5-7,16-19,23-24,28,30H,8-15,20-22H2,1-4H3,(H,44,57)(H,46,47,49)(H,48,56,58). The second-order valence-corrected chi connectivity index (χ2v) is 16.3. The monoisotopic (exact) mass is 842 g/mol. The minimum atomic E-state index is -1.09. The zero-order valence-electron chi connectivity index (χ0n) is 34.0. The number of piperazine rings is 1. The van der Waals surface area contributed by atoms with Gasteiger partial charge in [-0.15, -0.1) is 0 Å². The van der Waals surface area contributed by atoms with Crippen LogP contribution in [0.1, 0.15) is 50.8 Å². The molecule has 0 spiro atoms. The largest absolute Gasteiger partial charge is 0.478 e. The molecule has 3 amide bonds. The van der Waals surface area contributed by atoms with Gasteiger partial charge in [-0.1, -0.05) is 23.7 Å². The number of ether oxygens (including phenoxy) is 1. The normalized spacial score (nSPS) is 20.2. The van der Waals surface area contributed by atoms with E-state index in [4.69, 9.17) is 21.4 Å². The van der Waals surface area contributed by atoms with Gasteiger partial charge in [-0.2, -0.15) is 10.1 Å². The molecule has 17 nitrogen and oxygen atoms in total. The molecule has 3 N–H and O–H groups in total. The van der Waals surface area contributed by atoms with Crippen LogP contribution in [-0.2, 0) is 21.4 Å². The Morgan fingerprint density at radius 1 is 1.05 bits per heavy atom. The molecule has 0 saturated carbocycles. The molecule has 7 heterocycles. The highest BCUT2D eigenvalue weighted by Gasteiger charge is 2.35. The minimum absolute atomic E-state index is 0.0228. The van der Waals surface area contributed by atoms with Crippen molar-refractivity contribution in [3.63, 3.8) is 0 Å². The number of carbonyl (C=O) groups is 3. The van der Waals surface area contributed by atoms with Crippen LogP contribution in [0.25, 0.3) is 21.9 Å². The molecule has 3 aliphatic rings. The van der Waals surface area contributed by atoms with Crippen LogP contribution >= 0.6 is 11.6 Å². The van der Waals surface area contributed by atoms with Crippen molar-refractivity contribution in [2.45, 2.75) is 51.2 Å². The number of nitrogens with zero attached hydrogens (tertiary/aromatic N) is 9. The number of nitrogens with one attached hydrogen (secondary N) is 3. The van der Waals surface area contributed by atoms with Gasteiger partial charge in [-0.25, -0.2) is 14.4 Å². The number of aryl methyl sites for hydroxylation is 1. The van der Waals surface area contributed by atoms with Gasteiger partial charge in [0, 0.05) is 82.5 Å². The van der Waals surface area contributed by atoms with Gasteiger partial charge in [0.2, 0.25) is 17.8 Å². The van der Waals surface area contributed by atoms with Crippen LogP contribution in [0.3, 0.4) is 0 Å². The fourth-order valence-electron chi connectivity index (χ4n) is 8.46. The highest BCUT2D eigenvalue weighted by Crippen LogP contribution is 2.36. The number of pyridine rings is 2. The molecule has 0 aliphatic carbocycles. The van der Waals surface area contributed by atoms with Gasteiger partial charge in [0.05, 0.1) is 47.4 Å². The maximum atomic E-state index is 16.0. The number of para-hydroxylation sites is 1. The van der Waals surface area contributed by atoms with Crippen molar-refractivity contribution in [2.75, 3.05) is 74.6 Å². The van der Waals surface area contributed by atoms with Crippen molar-refractivity contribution in [1.82, 2.24) is 44.8 Å². The molecule has 1 aromatic carbocycles. The van der Waals surface area contributed by atoms with Gasteiger partial charge in [-0.05, 0) is 44.9 Å². The lowest BCUT2D eigenvalue weighted by Crippen LogP contribution is -2.51. The number of benzene rings is 1. The first kappa shape index (κ1) is 40.9. The number of rotatable bonds is 11. The summed E-state index contributed by atoms with van der Waals surface area (Å²) in [6, 6.07) is 9.17. The lowest BCUT2D eigenvalue weighted by atomic mass is 9.92. The Morgan fingerprint density at radius 2 is 1.85 bits per heavy atom. The van der Waals surface area contributed by atoms with E-state index >= 15 is 4.39 Å². The highest BCUT2D eigenvalue weighted by atomic mass is 35.5. The van der Waals surface area contributed by atoms with E-state index < -0.39 is 17.6 Å². The molecule has 4 aromatic heterocycles. The lowest BCUT2D eigenvalue weighted by molar-refractivity contribution is -0.134. The summed E-state index contributed by atoms with van der Waals surface area (Å²) >= 11 is 6.55. The summed E-state index contributed by atoms with van der Waals surface area (Å²) in [5, 5.41) is 14.7. The molecule has 3 fully saturated rings. The van der Waals surface area contributed by atoms with E-state index in [0.29, 0.717) is 66.5 Å². The maximum Gasteiger partial charge on any atom is 0.294 e. The highest BCUT2D eigenvalue weighted by molar-refractivity contribution is 6.33. The Hall–Kier alpha value is -5.88. The number of hydrogen-bond donors (Lipinski definition) is 3. The van der Waals surface area contributed by atoms with Gasteiger partial charge < -0.3 is 25.2 Å². The zero-order chi connectivity index (χ0) is 42.2. The summed E-state index contributed by atoms with van der Waals surface area (Å²) in [6.45, 7) is 7.86. The van der Waals surface area contributed by atoms with Crippen LogP contribution < -0.4 is 36.0 Å². The second-order valence-electron chi connectivity index (χ2n) is 15.9. The van der Waals surface area contributed by atoms with Crippen LogP contribution in [0.5, 0.6) is 5.75 Å². The van der Waals surface area contributed by atoms with Crippen molar-refractivity contribution in [3.05, 3.63) is 63.8 Å². The molecule has 60 heavy (non-hydrogen) atoms. The molecule has 3 atom stereocenters. The maximum absolute atomic E-state index is 16.0. The van der Waals surface area contributed by atoms with Gasteiger partial charge >= 0.3 is 0 Å². The number of anilines is 4. The van der Waals surface area contributed by atoms with Crippen LogP contribution in [0, 0.1) is 5.92 Å². The molecule has 3 aliphatic heterocycles. The zero-order valence-corrected chi connectivity index (χ0v) is 34.7. The molecule has 3 unspecified atom stereocenters. The van der Waals surface area contributed by atoms with E-state index in [-0.39, 0.29) is 53.6 Å². The number of alkyl halides is 1. The molecule has 316 valence electrons. The topological polar surface area (TPSA) is 185 Å². The SMILES string of the molecule is CNC(=O)COc1cc2cc(Nc3nc(N4CCC(CN5CCN(c6cccc7c(C8CCC(=O)NC8=O)nn(C)c67)CC5)C(F)C4)ncc3Cl)cnc2n(C(C)C)c1=O. The van der Waals surface area contributed by atoms with Crippen LogP contribution in [0.2, 0.25) is 5.02 Å². The van der Waals surface area contributed by atoms with Crippen molar-refractivity contribution in [2.24, 2.45) is 13.0 Å². The quantitative estimate of drug-likeness (QED) is 0.164. The lowest BCUT2D eigenvalue weighted by Gasteiger charge is -2.41. The minimum Gasteiger partial charge on any atom is -0.478 e. The Labute approximate surface area is 350 Å². The number of hydrogen-bond acceptors (Lipinski definition) is 13. The average molecular weight is 843 g/mol. The second kappa shape index (κ2) is 17.0. The number of carbonyl (C=O) groups excluding carboxylic acids is 3. The van der Waals surface area contributed by atoms with E-state index in [2.05, 4.69) is 46.8 Å². The van der Waals surface area contributed by atoms with Crippen LogP contribution in [-0.4, -0.2) is 118 Å². The predicted octanol–water partition coefficient (Wildman–Crippen LogP) is 3.68. The molecule has 0 radical (unpaired) electrons. The molecular formula is C41H48ClFN12O5. The summed E-state index contributed by atoms with van der Waals surface area (Å²) < 4.78 is 24.9. The summed E-state index contributed by atoms with van der Waals surface area (Å²) in [6.07, 6.45) is 3.33. The Balaban J connectivity index is 0.895. The molecule has 5 aromatic rings. The summed E-state index contributed by atoms with van der Waals surface area (Å²) in [4.78, 5) is 69.7. The number of halogens is 2. The van der Waals surface area contributed by atoms with Crippen molar-refractivity contribution in [3.8, 4) is 5.75 Å². The molecule has 8 rings (SSSR count). The van der Waals surface area contributed by atoms with E-state index in [1.807, 2.05) is 42.6 Å². The number of imide groups is 1. The summed E-state index contributed by atoms with van der Waals surface area (Å²) in [7, 11) is 3.38. The summed E-state index contributed by atoms with van der Waals surface area (Å²) in [5.41, 5.74) is 3.29. The van der Waals surface area contributed by atoms with E-state index in [1.165, 1.54) is 17.8 Å². The number of aromatic nitrogens is 6. The Morgan fingerprint density at radius 3 is 2.58 bits per heavy atom. The van der Waals surface area contributed by atoms with Crippen molar-refractivity contribution < 1.29 is 23.5 Å². The van der Waals surface area contributed by atoms with Gasteiger partial charge in [0.25, 0.3) is 11.5 Å². The number of likely N-dealkylation sites (N-methyl/N-ethyl adjacent to an activating group) is 1. The Kier molecular flexibility index (Phi) is 11.6. The van der Waals surface area contributed by atoms with E-state index in [9.17, 15) is 19.2 Å². The van der Waals surface area contributed by atoms with Crippen molar-refractivity contribution in [1.29, 1.82) is 0 Å².